The van der Waals surface area contributed by atoms with Crippen LogP contribution in [0.4, 0.5) is 10.5 Å². The highest BCUT2D eigenvalue weighted by molar-refractivity contribution is 8.15. The van der Waals surface area contributed by atoms with Gasteiger partial charge < -0.3 is 5.11 Å². The quantitative estimate of drug-likeness (QED) is 0.905. The number of carbonyl (C=O) groups is 3. The summed E-state index contributed by atoms with van der Waals surface area (Å²) >= 11 is 0.766. The van der Waals surface area contributed by atoms with E-state index < -0.39 is 22.4 Å². The van der Waals surface area contributed by atoms with Gasteiger partial charge in [-0.3, -0.25) is 14.4 Å². The lowest BCUT2D eigenvalue weighted by atomic mass is 10.2. The van der Waals surface area contributed by atoms with E-state index in [0.29, 0.717) is 5.69 Å². The molecule has 0 saturated carbocycles. The Hall–Kier alpha value is -1.82. The second-order valence-electron chi connectivity index (χ2n) is 3.98. The van der Waals surface area contributed by atoms with Crippen LogP contribution in [0.5, 0.6) is 0 Å². The van der Waals surface area contributed by atoms with Gasteiger partial charge in [-0.25, -0.2) is 4.90 Å². The SMILES string of the molecule is Cc1ccc(N2C(=O)S[C@H](CC(=O)O)C2=O)cc1. The maximum atomic E-state index is 12.0. The summed E-state index contributed by atoms with van der Waals surface area (Å²) in [5.41, 5.74) is 1.50. The molecule has 1 heterocycles. The first-order valence-electron chi connectivity index (χ1n) is 5.32. The first-order chi connectivity index (χ1) is 8.49. The van der Waals surface area contributed by atoms with E-state index in [1.165, 1.54) is 0 Å². The smallest absolute Gasteiger partial charge is 0.305 e. The van der Waals surface area contributed by atoms with Crippen LogP contribution in [0.25, 0.3) is 0 Å². The molecule has 2 amide bonds. The van der Waals surface area contributed by atoms with Crippen LogP contribution < -0.4 is 4.90 Å². The van der Waals surface area contributed by atoms with E-state index in [1.807, 2.05) is 6.92 Å². The molecule has 18 heavy (non-hydrogen) atoms. The van der Waals surface area contributed by atoms with E-state index in [1.54, 1.807) is 24.3 Å². The number of carboxylic acids is 1. The van der Waals surface area contributed by atoms with Crippen molar-refractivity contribution >= 4 is 34.6 Å². The number of benzene rings is 1. The molecule has 0 aliphatic carbocycles. The van der Waals surface area contributed by atoms with Crippen molar-refractivity contribution in [3.8, 4) is 0 Å². The van der Waals surface area contributed by atoms with Crippen molar-refractivity contribution in [3.63, 3.8) is 0 Å². The number of rotatable bonds is 3. The number of aliphatic carboxylic acids is 1. The van der Waals surface area contributed by atoms with Crippen molar-refractivity contribution in [1.29, 1.82) is 0 Å². The normalized spacial score (nSPS) is 19.4. The second kappa shape index (κ2) is 4.81. The first kappa shape index (κ1) is 12.6. The average Bonchev–Trinajstić information content (AvgIpc) is 2.55. The highest BCUT2D eigenvalue weighted by Crippen LogP contribution is 2.33. The van der Waals surface area contributed by atoms with Crippen LogP contribution in [0.2, 0.25) is 0 Å². The monoisotopic (exact) mass is 265 g/mol. The molecule has 1 aliphatic rings. The van der Waals surface area contributed by atoms with Crippen molar-refractivity contribution in [2.75, 3.05) is 4.90 Å². The van der Waals surface area contributed by atoms with Gasteiger partial charge in [-0.15, -0.1) is 0 Å². The van der Waals surface area contributed by atoms with Crippen molar-refractivity contribution in [2.45, 2.75) is 18.6 Å². The van der Waals surface area contributed by atoms with Gasteiger partial charge in [0.15, 0.2) is 0 Å². The largest absolute Gasteiger partial charge is 0.481 e. The predicted molar refractivity (Wildman–Crippen MR) is 67.7 cm³/mol. The molecule has 0 radical (unpaired) electrons. The Kier molecular flexibility index (Phi) is 3.38. The third kappa shape index (κ3) is 2.38. The molecule has 1 fully saturated rings. The first-order valence-corrected chi connectivity index (χ1v) is 6.20. The highest BCUT2D eigenvalue weighted by Gasteiger charge is 2.41. The van der Waals surface area contributed by atoms with E-state index in [-0.39, 0.29) is 6.42 Å². The summed E-state index contributed by atoms with van der Waals surface area (Å²) in [6.45, 7) is 1.90. The van der Waals surface area contributed by atoms with Gasteiger partial charge in [0, 0.05) is 0 Å². The topological polar surface area (TPSA) is 74.7 Å². The molecule has 94 valence electrons. The summed E-state index contributed by atoms with van der Waals surface area (Å²) in [7, 11) is 0. The number of nitrogens with zero attached hydrogens (tertiary/aromatic N) is 1. The lowest BCUT2D eigenvalue weighted by Crippen LogP contribution is -2.32. The molecule has 6 heteroatoms. The fraction of sp³-hybridized carbons (Fsp3) is 0.250. The molecule has 5 nitrogen and oxygen atoms in total. The van der Waals surface area contributed by atoms with Crippen LogP contribution in [0.1, 0.15) is 12.0 Å². The number of aryl methyl sites for hydroxylation is 1. The number of anilines is 1. The molecule has 0 aromatic heterocycles. The number of carboxylic acid groups (broad SMARTS) is 1. The number of hydrogen-bond acceptors (Lipinski definition) is 4. The number of thioether (sulfide) groups is 1. The van der Waals surface area contributed by atoms with E-state index in [9.17, 15) is 14.4 Å². The molecular formula is C12H11NO4S. The minimum absolute atomic E-state index is 0.336. The zero-order valence-corrected chi connectivity index (χ0v) is 10.4. The Morgan fingerprint density at radius 1 is 1.33 bits per heavy atom. The van der Waals surface area contributed by atoms with Gasteiger partial charge in [-0.05, 0) is 30.8 Å². The average molecular weight is 265 g/mol. The van der Waals surface area contributed by atoms with E-state index in [4.69, 9.17) is 5.11 Å². The van der Waals surface area contributed by atoms with Gasteiger partial charge in [0.2, 0.25) is 5.91 Å². The van der Waals surface area contributed by atoms with Gasteiger partial charge >= 0.3 is 5.97 Å². The number of carbonyl (C=O) groups excluding carboxylic acids is 2. The maximum absolute atomic E-state index is 12.0. The summed E-state index contributed by atoms with van der Waals surface area (Å²) in [6, 6.07) is 6.94. The van der Waals surface area contributed by atoms with Crippen LogP contribution in [0, 0.1) is 6.92 Å². The third-order valence-electron chi connectivity index (χ3n) is 2.57. The van der Waals surface area contributed by atoms with E-state index in [0.717, 1.165) is 22.2 Å². The molecule has 1 aliphatic heterocycles. The summed E-state index contributed by atoms with van der Waals surface area (Å²) in [5, 5.41) is 7.43. The molecule has 1 N–H and O–H groups in total. The van der Waals surface area contributed by atoms with Crippen LogP contribution in [-0.2, 0) is 9.59 Å². The fourth-order valence-corrected chi connectivity index (χ4v) is 2.65. The zero-order valence-electron chi connectivity index (χ0n) is 9.62. The van der Waals surface area contributed by atoms with Crippen molar-refractivity contribution in [1.82, 2.24) is 0 Å². The number of amides is 2. The van der Waals surface area contributed by atoms with Crippen LogP contribution in [0.3, 0.4) is 0 Å². The van der Waals surface area contributed by atoms with Gasteiger partial charge in [0.05, 0.1) is 12.1 Å². The van der Waals surface area contributed by atoms with Crippen molar-refractivity contribution in [2.24, 2.45) is 0 Å². The Bertz CT molecular complexity index is 511. The zero-order chi connectivity index (χ0) is 13.3. The maximum Gasteiger partial charge on any atom is 0.305 e. The summed E-state index contributed by atoms with van der Waals surface area (Å²) < 4.78 is 0. The number of hydrogen-bond donors (Lipinski definition) is 1. The Morgan fingerprint density at radius 3 is 2.50 bits per heavy atom. The molecular weight excluding hydrogens is 254 g/mol. The van der Waals surface area contributed by atoms with Crippen molar-refractivity contribution < 1.29 is 19.5 Å². The highest BCUT2D eigenvalue weighted by atomic mass is 32.2. The standard InChI is InChI=1S/C12H11NO4S/c1-7-2-4-8(5-3-7)13-11(16)9(6-10(14)15)18-12(13)17/h2-5,9H,6H2,1H3,(H,14,15)/t9-/m1/s1. The van der Waals surface area contributed by atoms with E-state index in [2.05, 4.69) is 0 Å². The lowest BCUT2D eigenvalue weighted by Gasteiger charge is -2.13. The second-order valence-corrected chi connectivity index (χ2v) is 5.13. The van der Waals surface area contributed by atoms with Gasteiger partial charge in [0.25, 0.3) is 5.24 Å². The molecule has 0 bridgehead atoms. The van der Waals surface area contributed by atoms with Gasteiger partial charge in [-0.1, -0.05) is 17.7 Å². The molecule has 1 saturated heterocycles. The third-order valence-corrected chi connectivity index (χ3v) is 3.61. The Morgan fingerprint density at radius 2 is 1.94 bits per heavy atom. The molecule has 1 aromatic carbocycles. The summed E-state index contributed by atoms with van der Waals surface area (Å²) in [6.07, 6.45) is -0.336. The predicted octanol–water partition coefficient (Wildman–Crippen LogP) is 2.04. The molecule has 0 spiro atoms. The summed E-state index contributed by atoms with van der Waals surface area (Å²) in [5.74, 6) is -1.55. The molecule has 2 rings (SSSR count). The number of imide groups is 1. The Balaban J connectivity index is 2.24. The minimum atomic E-state index is -1.08. The van der Waals surface area contributed by atoms with Crippen LogP contribution in [-0.4, -0.2) is 27.5 Å². The van der Waals surface area contributed by atoms with Crippen molar-refractivity contribution in [3.05, 3.63) is 29.8 Å². The minimum Gasteiger partial charge on any atom is -0.481 e. The lowest BCUT2D eigenvalue weighted by molar-refractivity contribution is -0.138. The molecule has 1 aromatic rings. The van der Waals surface area contributed by atoms with E-state index >= 15 is 0 Å². The van der Waals surface area contributed by atoms with Crippen LogP contribution >= 0.6 is 11.8 Å². The summed E-state index contributed by atoms with van der Waals surface area (Å²) in [4.78, 5) is 35.3. The van der Waals surface area contributed by atoms with Crippen LogP contribution in [0.15, 0.2) is 24.3 Å². The fourth-order valence-electron chi connectivity index (χ4n) is 1.67. The Labute approximate surface area is 108 Å². The molecule has 1 atom stereocenters. The van der Waals surface area contributed by atoms with Gasteiger partial charge in [0.1, 0.15) is 5.25 Å². The van der Waals surface area contributed by atoms with Gasteiger partial charge in [-0.2, -0.15) is 0 Å². The molecule has 0 unspecified atom stereocenters.